The third-order valence-electron chi connectivity index (χ3n) is 3.82. The first-order chi connectivity index (χ1) is 12.2. The Kier molecular flexibility index (Phi) is 5.52. The van der Waals surface area contributed by atoms with Gasteiger partial charge in [0.15, 0.2) is 6.10 Å². The van der Waals surface area contributed by atoms with Crippen LogP contribution in [-0.2, 0) is 4.79 Å². The van der Waals surface area contributed by atoms with E-state index < -0.39 is 6.10 Å². The minimum Gasteiger partial charge on any atom is -0.492 e. The number of para-hydroxylation sites is 1. The number of rotatable bonds is 7. The van der Waals surface area contributed by atoms with Crippen LogP contribution in [0, 0.1) is 0 Å². The molecule has 128 valence electrons. The van der Waals surface area contributed by atoms with Crippen LogP contribution in [0.2, 0.25) is 0 Å². The fourth-order valence-electron chi connectivity index (χ4n) is 2.50. The van der Waals surface area contributed by atoms with Gasteiger partial charge in [-0.1, -0.05) is 48.5 Å². The Labute approximate surface area is 147 Å². The number of ether oxygens (including phenoxy) is 2. The second kappa shape index (κ2) is 8.20. The van der Waals surface area contributed by atoms with Crippen LogP contribution in [0.1, 0.15) is 6.92 Å². The number of amides is 1. The number of benzene rings is 3. The lowest BCUT2D eigenvalue weighted by Gasteiger charge is -2.15. The molecule has 1 atom stereocenters. The molecule has 0 aromatic heterocycles. The Morgan fingerprint density at radius 3 is 2.44 bits per heavy atom. The molecule has 0 aliphatic carbocycles. The largest absolute Gasteiger partial charge is 0.492 e. The molecule has 1 unspecified atom stereocenters. The highest BCUT2D eigenvalue weighted by atomic mass is 16.5. The minimum absolute atomic E-state index is 0.161. The van der Waals surface area contributed by atoms with E-state index in [0.29, 0.717) is 18.9 Å². The van der Waals surface area contributed by atoms with E-state index in [1.807, 2.05) is 66.7 Å². The van der Waals surface area contributed by atoms with Gasteiger partial charge in [-0.15, -0.1) is 0 Å². The minimum atomic E-state index is -0.553. The van der Waals surface area contributed by atoms with Gasteiger partial charge in [0.2, 0.25) is 0 Å². The maximum Gasteiger partial charge on any atom is 0.260 e. The maximum atomic E-state index is 12.0. The van der Waals surface area contributed by atoms with E-state index in [9.17, 15) is 4.79 Å². The molecule has 0 saturated heterocycles. The van der Waals surface area contributed by atoms with Crippen molar-refractivity contribution in [3.63, 3.8) is 0 Å². The van der Waals surface area contributed by atoms with Crippen molar-refractivity contribution >= 4 is 16.7 Å². The van der Waals surface area contributed by atoms with Crippen LogP contribution in [0.25, 0.3) is 10.8 Å². The lowest BCUT2D eigenvalue weighted by molar-refractivity contribution is -0.127. The maximum absolute atomic E-state index is 12.0. The smallest absolute Gasteiger partial charge is 0.260 e. The fourth-order valence-corrected chi connectivity index (χ4v) is 2.50. The van der Waals surface area contributed by atoms with Crippen LogP contribution >= 0.6 is 0 Å². The summed E-state index contributed by atoms with van der Waals surface area (Å²) in [5.74, 6) is 1.31. The monoisotopic (exact) mass is 335 g/mol. The summed E-state index contributed by atoms with van der Waals surface area (Å²) < 4.78 is 11.3. The summed E-state index contributed by atoms with van der Waals surface area (Å²) in [5.41, 5.74) is 0. The molecule has 1 N–H and O–H groups in total. The highest BCUT2D eigenvalue weighted by Gasteiger charge is 2.13. The van der Waals surface area contributed by atoms with E-state index in [-0.39, 0.29) is 5.91 Å². The van der Waals surface area contributed by atoms with Gasteiger partial charge < -0.3 is 14.8 Å². The highest BCUT2D eigenvalue weighted by molar-refractivity contribution is 5.83. The Morgan fingerprint density at radius 2 is 1.64 bits per heavy atom. The normalized spacial score (nSPS) is 11.7. The average molecular weight is 335 g/mol. The Hall–Kier alpha value is -3.01. The van der Waals surface area contributed by atoms with Crippen LogP contribution in [0.3, 0.4) is 0 Å². The van der Waals surface area contributed by atoms with Gasteiger partial charge in [0.25, 0.3) is 5.91 Å². The molecular weight excluding hydrogens is 314 g/mol. The molecular formula is C21H21NO3. The molecule has 25 heavy (non-hydrogen) atoms. The van der Waals surface area contributed by atoms with Gasteiger partial charge >= 0.3 is 0 Å². The third-order valence-corrected chi connectivity index (χ3v) is 3.82. The zero-order valence-corrected chi connectivity index (χ0v) is 14.1. The third kappa shape index (κ3) is 4.73. The highest BCUT2D eigenvalue weighted by Crippen LogP contribution is 2.20. The topological polar surface area (TPSA) is 47.6 Å². The molecule has 4 heteroatoms. The molecule has 0 bridgehead atoms. The first-order valence-electron chi connectivity index (χ1n) is 8.33. The lowest BCUT2D eigenvalue weighted by atomic mass is 10.1. The molecule has 1 amide bonds. The summed E-state index contributed by atoms with van der Waals surface area (Å²) >= 11 is 0. The molecule has 0 aliphatic heterocycles. The number of carbonyl (C=O) groups is 1. The Morgan fingerprint density at radius 1 is 0.920 bits per heavy atom. The van der Waals surface area contributed by atoms with Gasteiger partial charge in [-0.25, -0.2) is 0 Å². The number of hydrogen-bond acceptors (Lipinski definition) is 3. The predicted octanol–water partition coefficient (Wildman–Crippen LogP) is 3.80. The van der Waals surface area contributed by atoms with Gasteiger partial charge in [-0.3, -0.25) is 4.79 Å². The van der Waals surface area contributed by atoms with Crippen molar-refractivity contribution in [2.45, 2.75) is 13.0 Å². The molecule has 3 aromatic carbocycles. The summed E-state index contributed by atoms with van der Waals surface area (Å²) in [4.78, 5) is 12.0. The molecule has 0 aliphatic rings. The fraction of sp³-hybridized carbons (Fsp3) is 0.190. The molecule has 3 aromatic rings. The van der Waals surface area contributed by atoms with Crippen molar-refractivity contribution in [2.24, 2.45) is 0 Å². The predicted molar refractivity (Wildman–Crippen MR) is 99.0 cm³/mol. The number of hydrogen-bond donors (Lipinski definition) is 1. The molecule has 0 saturated carbocycles. The molecule has 0 heterocycles. The summed E-state index contributed by atoms with van der Waals surface area (Å²) in [6.07, 6.45) is -0.553. The van der Waals surface area contributed by atoms with Crippen LogP contribution in [0.5, 0.6) is 11.5 Å². The SMILES string of the molecule is CC(Oc1ccccc1)C(=O)NCCOc1ccc2ccccc2c1. The number of fused-ring (bicyclic) bond motifs is 1. The van der Waals surface area contributed by atoms with E-state index in [1.54, 1.807) is 6.92 Å². The number of carbonyl (C=O) groups excluding carboxylic acids is 1. The first-order valence-corrected chi connectivity index (χ1v) is 8.33. The Balaban J connectivity index is 1.43. The van der Waals surface area contributed by atoms with Crippen molar-refractivity contribution < 1.29 is 14.3 Å². The zero-order valence-electron chi connectivity index (χ0n) is 14.1. The van der Waals surface area contributed by atoms with Crippen molar-refractivity contribution in [1.29, 1.82) is 0 Å². The molecule has 0 radical (unpaired) electrons. The second-order valence-corrected chi connectivity index (χ2v) is 5.72. The summed E-state index contributed by atoms with van der Waals surface area (Å²) in [7, 11) is 0. The van der Waals surface area contributed by atoms with E-state index in [0.717, 1.165) is 11.1 Å². The summed E-state index contributed by atoms with van der Waals surface area (Å²) in [5, 5.41) is 5.13. The lowest BCUT2D eigenvalue weighted by Crippen LogP contribution is -2.38. The van der Waals surface area contributed by atoms with Crippen LogP contribution in [-0.4, -0.2) is 25.2 Å². The second-order valence-electron chi connectivity index (χ2n) is 5.72. The van der Waals surface area contributed by atoms with Gasteiger partial charge in [0, 0.05) is 0 Å². The standard InChI is InChI=1S/C21H21NO3/c1-16(25-19-9-3-2-4-10-19)21(23)22-13-14-24-20-12-11-17-7-5-6-8-18(17)15-20/h2-12,15-16H,13-14H2,1H3,(H,22,23). The zero-order chi connectivity index (χ0) is 17.5. The van der Waals surface area contributed by atoms with Crippen LogP contribution in [0.4, 0.5) is 0 Å². The molecule has 3 rings (SSSR count). The van der Waals surface area contributed by atoms with Crippen molar-refractivity contribution in [3.05, 3.63) is 72.8 Å². The van der Waals surface area contributed by atoms with E-state index in [1.165, 1.54) is 5.39 Å². The summed E-state index contributed by atoms with van der Waals surface area (Å²) in [6, 6.07) is 23.4. The van der Waals surface area contributed by atoms with Gasteiger partial charge in [-0.2, -0.15) is 0 Å². The van der Waals surface area contributed by atoms with E-state index in [2.05, 4.69) is 11.4 Å². The van der Waals surface area contributed by atoms with Gasteiger partial charge in [0.05, 0.1) is 6.54 Å². The van der Waals surface area contributed by atoms with Crippen molar-refractivity contribution in [2.75, 3.05) is 13.2 Å². The van der Waals surface area contributed by atoms with Gasteiger partial charge in [0.1, 0.15) is 18.1 Å². The quantitative estimate of drug-likeness (QED) is 0.668. The molecule has 0 fully saturated rings. The first kappa shape index (κ1) is 16.8. The van der Waals surface area contributed by atoms with Crippen LogP contribution in [0.15, 0.2) is 72.8 Å². The molecule has 0 spiro atoms. The van der Waals surface area contributed by atoms with E-state index in [4.69, 9.17) is 9.47 Å². The molecule has 4 nitrogen and oxygen atoms in total. The van der Waals surface area contributed by atoms with Crippen molar-refractivity contribution in [3.8, 4) is 11.5 Å². The van der Waals surface area contributed by atoms with Crippen molar-refractivity contribution in [1.82, 2.24) is 5.32 Å². The number of nitrogens with one attached hydrogen (secondary N) is 1. The Bertz CT molecular complexity index is 833. The van der Waals surface area contributed by atoms with E-state index >= 15 is 0 Å². The van der Waals surface area contributed by atoms with Crippen LogP contribution < -0.4 is 14.8 Å². The van der Waals surface area contributed by atoms with Gasteiger partial charge in [-0.05, 0) is 42.0 Å². The average Bonchev–Trinajstić information content (AvgIpc) is 2.65. The summed E-state index contributed by atoms with van der Waals surface area (Å²) in [6.45, 7) is 2.56.